The largest absolute Gasteiger partial charge is 0.481 e. The molecular formula is C58H101N7O17S2Y2. The molecule has 28 heteroatoms. The Kier molecular flexibility index (Phi) is 42.7. The quantitative estimate of drug-likeness (QED) is 0.0323. The summed E-state index contributed by atoms with van der Waals surface area (Å²) in [5, 5.41) is 76.6. The predicted octanol–water partition coefficient (Wildman–Crippen LogP) is 4.09. The number of aliphatic hydroxyl groups is 2. The van der Waals surface area contributed by atoms with Crippen LogP contribution in [0, 0.1) is 69.0 Å². The number of aromatic nitrogens is 2. The van der Waals surface area contributed by atoms with Crippen molar-refractivity contribution in [1.29, 1.82) is 0 Å². The van der Waals surface area contributed by atoms with Crippen molar-refractivity contribution in [3.63, 3.8) is 0 Å². The van der Waals surface area contributed by atoms with Crippen LogP contribution in [-0.4, -0.2) is 177 Å². The first-order valence-corrected chi connectivity index (χ1v) is 30.3. The van der Waals surface area contributed by atoms with Gasteiger partial charge in [-0.2, -0.15) is 25.3 Å². The van der Waals surface area contributed by atoms with E-state index in [0.717, 1.165) is 19.3 Å². The van der Waals surface area contributed by atoms with Gasteiger partial charge in [0.25, 0.3) is 0 Å². The molecule has 0 aliphatic rings. The molecule has 12 N–H and O–H groups in total. The van der Waals surface area contributed by atoms with E-state index in [-0.39, 0.29) is 162 Å². The van der Waals surface area contributed by atoms with Gasteiger partial charge >= 0.3 is 23.9 Å². The van der Waals surface area contributed by atoms with E-state index < -0.39 is 136 Å². The third-order valence-electron chi connectivity index (χ3n) is 15.5. The molecular weight excluding hydrogens is 1310 g/mol. The minimum Gasteiger partial charge on any atom is -0.481 e. The molecule has 1 aromatic rings. The Labute approximate surface area is 569 Å². The minimum atomic E-state index is -1.78. The van der Waals surface area contributed by atoms with Crippen molar-refractivity contribution in [3.8, 4) is 0 Å². The number of thiol groups is 2. The van der Waals surface area contributed by atoms with Gasteiger partial charge in [-0.1, -0.05) is 75.7 Å². The van der Waals surface area contributed by atoms with E-state index in [1.54, 1.807) is 20.8 Å². The summed E-state index contributed by atoms with van der Waals surface area (Å²) >= 11 is 8.76. The van der Waals surface area contributed by atoms with Crippen LogP contribution in [0.5, 0.6) is 0 Å². The number of rotatable bonds is 46. The molecule has 0 saturated carbocycles. The van der Waals surface area contributed by atoms with Gasteiger partial charge in [0.2, 0.25) is 29.5 Å². The van der Waals surface area contributed by atoms with Crippen molar-refractivity contribution in [2.75, 3.05) is 78.1 Å². The number of H-pyrrole nitrogens is 1. The first-order valence-electron chi connectivity index (χ1n) is 29.1. The number of carboxylic acid groups (broad SMARTS) is 4. The molecule has 0 fully saturated rings. The second-order valence-corrected chi connectivity index (χ2v) is 26.1. The fourth-order valence-corrected chi connectivity index (χ4v) is 12.4. The fraction of sp³-hybridized carbons (Fsp3) is 0.793. The number of carboxylic acids is 4. The van der Waals surface area contributed by atoms with Crippen molar-refractivity contribution in [3.05, 3.63) is 18.2 Å². The summed E-state index contributed by atoms with van der Waals surface area (Å²) in [6, 6.07) is 0. The van der Waals surface area contributed by atoms with Crippen molar-refractivity contribution < 1.29 is 149 Å². The van der Waals surface area contributed by atoms with E-state index in [2.05, 4.69) is 61.8 Å². The number of carbonyl (C=O) groups is 9. The van der Waals surface area contributed by atoms with Crippen LogP contribution in [0.2, 0.25) is 0 Å². The minimum absolute atomic E-state index is 0. The summed E-state index contributed by atoms with van der Waals surface area (Å²) in [5.74, 6) is -20.9. The molecule has 0 saturated heterocycles. The van der Waals surface area contributed by atoms with Gasteiger partial charge in [-0.15, -0.1) is 0 Å². The van der Waals surface area contributed by atoms with Crippen LogP contribution < -0.4 is 26.6 Å². The molecule has 2 radical (unpaired) electrons. The number of nitrogens with zero attached hydrogens (tertiary/aromatic N) is 1. The Balaban J connectivity index is 0. The van der Waals surface area contributed by atoms with Crippen LogP contribution in [-0.2, 0) is 124 Å². The number of hydrogen-bond donors (Lipinski definition) is 14. The Morgan fingerprint density at radius 1 is 0.547 bits per heavy atom. The average Bonchev–Trinajstić information content (AvgIpc) is 3.91. The van der Waals surface area contributed by atoms with E-state index in [1.165, 1.54) is 61.0 Å². The topological polar surface area (TPSA) is 382 Å². The molecule has 86 heavy (non-hydrogen) atoms. The van der Waals surface area contributed by atoms with Gasteiger partial charge in [-0.25, -0.2) is 4.98 Å². The number of aliphatic hydroxyl groups excluding tert-OH is 2. The molecule has 0 aliphatic carbocycles. The molecule has 0 aromatic carbocycles. The van der Waals surface area contributed by atoms with Crippen LogP contribution in [0.1, 0.15) is 139 Å². The van der Waals surface area contributed by atoms with Crippen LogP contribution in [0.15, 0.2) is 12.5 Å². The SMILES string of the molecule is CC(C(=O)NCCOCCCO)C(C(=O)O)C(C)(C)CC(C(=O)O)C(C(=O)NCCc1cnc[nH]1)C(C)(C)CC(C(=O)NCCOCCCO)C(C(=O)O)C(C)(C)CC(C(=O)O)C(C(=O)NCCNC(=O)CCCCC(S)CCS)C(C)(C)C.[Y].[Y]. The molecule has 1 heterocycles. The summed E-state index contributed by atoms with van der Waals surface area (Å²) in [4.78, 5) is 132. The van der Waals surface area contributed by atoms with E-state index in [4.69, 9.17) is 14.6 Å². The monoisotopic (exact) mass is 1410 g/mol. The Bertz CT molecular complexity index is 2220. The molecule has 0 bridgehead atoms. The van der Waals surface area contributed by atoms with Gasteiger partial charge in [-0.05, 0) is 78.8 Å². The van der Waals surface area contributed by atoms with E-state index >= 15 is 0 Å². The average molecular weight is 1410 g/mol. The smallest absolute Gasteiger partial charge is 0.307 e. The third-order valence-corrected chi connectivity index (χ3v) is 16.3. The third kappa shape index (κ3) is 30.8. The van der Waals surface area contributed by atoms with Crippen molar-refractivity contribution in [2.45, 2.75) is 145 Å². The number of amides is 5. The van der Waals surface area contributed by atoms with Gasteiger partial charge in [0.15, 0.2) is 0 Å². The van der Waals surface area contributed by atoms with E-state index in [0.29, 0.717) is 30.7 Å². The van der Waals surface area contributed by atoms with Crippen LogP contribution in [0.4, 0.5) is 0 Å². The summed E-state index contributed by atoms with van der Waals surface area (Å²) in [7, 11) is 0. The maximum atomic E-state index is 14.9. The molecule has 9 unspecified atom stereocenters. The second kappa shape index (κ2) is 43.0. The zero-order chi connectivity index (χ0) is 64.0. The number of hydrogen-bond acceptors (Lipinski definition) is 16. The van der Waals surface area contributed by atoms with Gasteiger partial charge in [0, 0.05) is 160 Å². The first kappa shape index (κ1) is 85.2. The van der Waals surface area contributed by atoms with Crippen molar-refractivity contribution in [1.82, 2.24) is 36.6 Å². The van der Waals surface area contributed by atoms with Crippen LogP contribution >= 0.6 is 25.3 Å². The number of aromatic amines is 1. The van der Waals surface area contributed by atoms with Gasteiger partial charge in [-0.3, -0.25) is 43.2 Å². The summed E-state index contributed by atoms with van der Waals surface area (Å²) < 4.78 is 10.9. The normalized spacial score (nSPS) is 15.1. The van der Waals surface area contributed by atoms with Gasteiger partial charge in [0.1, 0.15) is 0 Å². The summed E-state index contributed by atoms with van der Waals surface area (Å²) in [5.41, 5.74) is -5.32. The predicted molar refractivity (Wildman–Crippen MR) is 321 cm³/mol. The molecule has 0 spiro atoms. The number of imidazole rings is 1. The first-order chi connectivity index (χ1) is 39.2. The number of carbonyl (C=O) groups excluding carboxylic acids is 5. The fourth-order valence-electron chi connectivity index (χ4n) is 11.5. The number of ether oxygens (including phenoxy) is 2. The van der Waals surface area contributed by atoms with Crippen LogP contribution in [0.3, 0.4) is 0 Å². The maximum absolute atomic E-state index is 14.9. The second-order valence-electron chi connectivity index (χ2n) is 24.9. The molecule has 1 aromatic heterocycles. The standard InChI is InChI=1S/C58H101N7O17S2.2Y/c1-36(47(69)63-22-28-81-26-13-24-66)43(53(77)78)56(5,6)33-41(52(75)76)45(50(72)61-19-17-37-34-59-35-65-37)57(7,8)31-39(48(70)64-23-29-82-27-14-25-67)46(54(79)80)58(9,10)32-40(51(73)74)44(55(2,3)4)49(71)62-21-20-60-42(68)16-12-11-15-38(84)18-30-83;;/h34-36,38-41,43-46,66-67,83-84H,11-33H2,1-10H3,(H,59,65)(H,60,68)(H,61,72)(H,62,71)(H,63,69)(H,64,70)(H,73,74)(H,75,76)(H,77,78)(H,79,80);;. The van der Waals surface area contributed by atoms with Gasteiger partial charge in [0.05, 0.1) is 61.0 Å². The molecule has 9 atom stereocenters. The number of nitrogens with one attached hydrogen (secondary N) is 6. The zero-order valence-electron chi connectivity index (χ0n) is 52.3. The maximum Gasteiger partial charge on any atom is 0.307 e. The Morgan fingerprint density at radius 2 is 1.00 bits per heavy atom. The van der Waals surface area contributed by atoms with E-state index in [9.17, 15) is 68.7 Å². The van der Waals surface area contributed by atoms with Gasteiger partial charge < -0.3 is 71.7 Å². The summed E-state index contributed by atoms with van der Waals surface area (Å²) in [6.45, 7) is 15.2. The van der Waals surface area contributed by atoms with E-state index in [1.807, 2.05) is 0 Å². The zero-order valence-corrected chi connectivity index (χ0v) is 59.8. The molecule has 488 valence electrons. The Hall–Kier alpha value is -2.81. The Morgan fingerprint density at radius 3 is 1.48 bits per heavy atom. The number of aliphatic carboxylic acids is 4. The summed E-state index contributed by atoms with van der Waals surface area (Å²) in [6.07, 6.45) is 5.68. The van der Waals surface area contributed by atoms with Crippen molar-refractivity contribution in [2.24, 2.45) is 69.0 Å². The molecule has 24 nitrogen and oxygen atoms in total. The van der Waals surface area contributed by atoms with Crippen molar-refractivity contribution >= 4 is 78.7 Å². The van der Waals surface area contributed by atoms with Crippen LogP contribution in [0.25, 0.3) is 0 Å². The molecule has 0 aliphatic heterocycles. The molecule has 1 rings (SSSR count). The number of unbranched alkanes of at least 4 members (excludes halogenated alkanes) is 1. The molecule has 5 amide bonds.